The molecule has 2 atom stereocenters. The van der Waals surface area contributed by atoms with E-state index >= 15 is 0 Å². The minimum absolute atomic E-state index is 0.0490. The number of benzene rings is 1. The van der Waals surface area contributed by atoms with E-state index in [2.05, 4.69) is 0 Å². The van der Waals surface area contributed by atoms with Crippen molar-refractivity contribution in [3.8, 4) is 0 Å². The highest BCUT2D eigenvalue weighted by atomic mass is 32.2. The number of hydrogen-bond acceptors (Lipinski definition) is 3. The molecule has 15 heavy (non-hydrogen) atoms. The van der Waals surface area contributed by atoms with E-state index in [-0.39, 0.29) is 6.10 Å². The number of nitrogens with two attached hydrogens (primary N) is 1. The molecule has 0 saturated carbocycles. The summed E-state index contributed by atoms with van der Waals surface area (Å²) in [7, 11) is 0.622. The second-order valence-corrected chi connectivity index (χ2v) is 4.73. The van der Waals surface area contributed by atoms with E-state index in [0.717, 1.165) is 12.0 Å². The van der Waals surface area contributed by atoms with Gasteiger partial charge in [-0.25, -0.2) is 0 Å². The smallest absolute Gasteiger partial charge is 0.0819 e. The van der Waals surface area contributed by atoms with Crippen LogP contribution in [0.1, 0.15) is 25.0 Å². The van der Waals surface area contributed by atoms with Crippen molar-refractivity contribution in [1.82, 2.24) is 0 Å². The molecule has 0 aliphatic carbocycles. The maximum atomic E-state index is 11.4. The monoisotopic (exact) mass is 227 g/mol. The lowest BCUT2D eigenvalue weighted by Crippen LogP contribution is -2.03. The molecule has 1 aromatic rings. The zero-order valence-electron chi connectivity index (χ0n) is 9.32. The van der Waals surface area contributed by atoms with Crippen LogP contribution in [0.25, 0.3) is 0 Å². The van der Waals surface area contributed by atoms with Crippen molar-refractivity contribution in [2.45, 2.75) is 24.3 Å². The SMILES string of the molecule is CCC(OC)c1ccc(N)c(S(C)=O)c1. The van der Waals surface area contributed by atoms with Gasteiger partial charge < -0.3 is 10.5 Å². The summed E-state index contributed by atoms with van der Waals surface area (Å²) in [5, 5.41) is 0. The molecule has 0 aliphatic heterocycles. The van der Waals surface area contributed by atoms with E-state index in [1.165, 1.54) is 0 Å². The Morgan fingerprint density at radius 2 is 2.20 bits per heavy atom. The van der Waals surface area contributed by atoms with E-state index in [0.29, 0.717) is 10.6 Å². The summed E-state index contributed by atoms with van der Waals surface area (Å²) in [6.07, 6.45) is 2.56. The molecule has 2 N–H and O–H groups in total. The Balaban J connectivity index is 3.11. The fourth-order valence-corrected chi connectivity index (χ4v) is 2.24. The lowest BCUT2D eigenvalue weighted by molar-refractivity contribution is 0.0999. The summed E-state index contributed by atoms with van der Waals surface area (Å²) in [5.74, 6) is 0. The van der Waals surface area contributed by atoms with Crippen molar-refractivity contribution in [3.05, 3.63) is 23.8 Å². The van der Waals surface area contributed by atoms with Crippen LogP contribution in [0.5, 0.6) is 0 Å². The van der Waals surface area contributed by atoms with Gasteiger partial charge in [-0.05, 0) is 24.1 Å². The maximum absolute atomic E-state index is 11.4. The first-order valence-corrected chi connectivity index (χ1v) is 6.41. The quantitative estimate of drug-likeness (QED) is 0.801. The van der Waals surface area contributed by atoms with Crippen LogP contribution in [0.4, 0.5) is 5.69 Å². The number of rotatable bonds is 4. The van der Waals surface area contributed by atoms with E-state index in [1.54, 1.807) is 19.4 Å². The number of methoxy groups -OCH3 is 1. The Kier molecular flexibility index (Phi) is 4.29. The highest BCUT2D eigenvalue weighted by Gasteiger charge is 2.11. The van der Waals surface area contributed by atoms with Gasteiger partial charge in [0, 0.05) is 19.1 Å². The highest BCUT2D eigenvalue weighted by Crippen LogP contribution is 2.25. The summed E-state index contributed by atoms with van der Waals surface area (Å²) in [6.45, 7) is 2.05. The Labute approximate surface area is 93.1 Å². The Morgan fingerprint density at radius 3 is 2.67 bits per heavy atom. The van der Waals surface area contributed by atoms with Crippen LogP contribution in [0.3, 0.4) is 0 Å². The van der Waals surface area contributed by atoms with Crippen LogP contribution < -0.4 is 5.73 Å². The second-order valence-electron chi connectivity index (χ2n) is 3.38. The van der Waals surface area contributed by atoms with Crippen molar-refractivity contribution < 1.29 is 8.95 Å². The molecule has 0 aromatic heterocycles. The number of anilines is 1. The second kappa shape index (κ2) is 5.28. The maximum Gasteiger partial charge on any atom is 0.0819 e. The summed E-state index contributed by atoms with van der Waals surface area (Å²) < 4.78 is 16.7. The molecular weight excluding hydrogens is 210 g/mol. The van der Waals surface area contributed by atoms with Crippen LogP contribution in [0.2, 0.25) is 0 Å². The fourth-order valence-electron chi connectivity index (χ4n) is 1.54. The minimum atomic E-state index is -1.05. The minimum Gasteiger partial charge on any atom is -0.398 e. The molecule has 84 valence electrons. The molecule has 0 aliphatic rings. The molecule has 0 amide bonds. The van der Waals surface area contributed by atoms with Crippen LogP contribution in [0, 0.1) is 0 Å². The van der Waals surface area contributed by atoms with Gasteiger partial charge in [-0.3, -0.25) is 4.21 Å². The molecule has 4 heteroatoms. The predicted octanol–water partition coefficient (Wildman–Crippen LogP) is 2.10. The van der Waals surface area contributed by atoms with Crippen LogP contribution in [0.15, 0.2) is 23.1 Å². The molecule has 2 unspecified atom stereocenters. The molecule has 0 bridgehead atoms. The number of nitrogen functional groups attached to an aromatic ring is 1. The third-order valence-corrected chi connectivity index (χ3v) is 3.35. The molecule has 0 spiro atoms. The first-order valence-electron chi connectivity index (χ1n) is 4.85. The Morgan fingerprint density at radius 1 is 1.53 bits per heavy atom. The van der Waals surface area contributed by atoms with E-state index in [9.17, 15) is 4.21 Å². The summed E-state index contributed by atoms with van der Waals surface area (Å²) in [5.41, 5.74) is 7.34. The average Bonchev–Trinajstić information content (AvgIpc) is 2.21. The van der Waals surface area contributed by atoms with Gasteiger partial charge in [0.25, 0.3) is 0 Å². The largest absolute Gasteiger partial charge is 0.398 e. The zero-order chi connectivity index (χ0) is 11.4. The van der Waals surface area contributed by atoms with Crippen molar-refractivity contribution in [2.75, 3.05) is 19.1 Å². The summed E-state index contributed by atoms with van der Waals surface area (Å²) in [6, 6.07) is 5.57. The normalized spacial score (nSPS) is 14.9. The van der Waals surface area contributed by atoms with E-state index in [1.807, 2.05) is 19.1 Å². The summed E-state index contributed by atoms with van der Waals surface area (Å²) >= 11 is 0. The molecule has 0 heterocycles. The standard InChI is InChI=1S/C11H17NO2S/c1-4-10(14-2)8-5-6-9(12)11(7-8)15(3)13/h5-7,10H,4,12H2,1-3H3. The molecule has 0 saturated heterocycles. The highest BCUT2D eigenvalue weighted by molar-refractivity contribution is 7.84. The zero-order valence-corrected chi connectivity index (χ0v) is 10.1. The van der Waals surface area contributed by atoms with Gasteiger partial charge in [0.1, 0.15) is 0 Å². The van der Waals surface area contributed by atoms with Gasteiger partial charge in [-0.15, -0.1) is 0 Å². The topological polar surface area (TPSA) is 52.3 Å². The van der Waals surface area contributed by atoms with Crippen LogP contribution in [-0.2, 0) is 15.5 Å². The lowest BCUT2D eigenvalue weighted by Gasteiger charge is -2.14. The molecule has 3 nitrogen and oxygen atoms in total. The molecule has 0 fully saturated rings. The molecule has 0 radical (unpaired) electrons. The lowest BCUT2D eigenvalue weighted by atomic mass is 10.1. The number of ether oxygens (including phenoxy) is 1. The fraction of sp³-hybridized carbons (Fsp3) is 0.455. The molecule has 1 rings (SSSR count). The van der Waals surface area contributed by atoms with Crippen LogP contribution >= 0.6 is 0 Å². The average molecular weight is 227 g/mol. The predicted molar refractivity (Wildman–Crippen MR) is 63.2 cm³/mol. The van der Waals surface area contributed by atoms with Gasteiger partial charge in [0.05, 0.1) is 21.8 Å². The van der Waals surface area contributed by atoms with E-state index in [4.69, 9.17) is 10.5 Å². The van der Waals surface area contributed by atoms with Gasteiger partial charge in [0.15, 0.2) is 0 Å². The molecule has 1 aromatic carbocycles. The summed E-state index contributed by atoms with van der Waals surface area (Å²) in [4.78, 5) is 0.683. The number of hydrogen-bond donors (Lipinski definition) is 1. The van der Waals surface area contributed by atoms with Gasteiger partial charge in [-0.1, -0.05) is 13.0 Å². The van der Waals surface area contributed by atoms with Gasteiger partial charge in [-0.2, -0.15) is 0 Å². The van der Waals surface area contributed by atoms with Crippen LogP contribution in [-0.4, -0.2) is 17.6 Å². The molecular formula is C11H17NO2S. The first-order chi connectivity index (χ1) is 7.10. The Hall–Kier alpha value is -0.870. The van der Waals surface area contributed by atoms with Crippen molar-refractivity contribution in [3.63, 3.8) is 0 Å². The van der Waals surface area contributed by atoms with Crippen molar-refractivity contribution in [2.24, 2.45) is 0 Å². The van der Waals surface area contributed by atoms with Crippen molar-refractivity contribution in [1.29, 1.82) is 0 Å². The van der Waals surface area contributed by atoms with Gasteiger partial charge >= 0.3 is 0 Å². The van der Waals surface area contributed by atoms with Gasteiger partial charge in [0.2, 0.25) is 0 Å². The van der Waals surface area contributed by atoms with E-state index < -0.39 is 10.8 Å². The third-order valence-electron chi connectivity index (χ3n) is 2.37. The third kappa shape index (κ3) is 2.79. The Bertz CT molecular complexity index is 362. The van der Waals surface area contributed by atoms with Crippen molar-refractivity contribution >= 4 is 16.5 Å². The first kappa shape index (κ1) is 12.2.